The summed E-state index contributed by atoms with van der Waals surface area (Å²) >= 11 is 0. The molecule has 2 saturated carbocycles. The Morgan fingerprint density at radius 3 is 2.60 bits per heavy atom. The Kier molecular flexibility index (Phi) is 4.83. The van der Waals surface area contributed by atoms with Gasteiger partial charge in [0.05, 0.1) is 0 Å². The predicted octanol–water partition coefficient (Wildman–Crippen LogP) is 1.64. The second-order valence-electron chi connectivity index (χ2n) is 8.81. The van der Waals surface area contributed by atoms with E-state index in [1.54, 1.807) is 18.3 Å². The lowest BCUT2D eigenvalue weighted by atomic mass is 10.00. The van der Waals surface area contributed by atoms with Crippen LogP contribution in [0.1, 0.15) is 51.0 Å². The number of hydrogen-bond acceptors (Lipinski definition) is 6. The molecule has 1 spiro atoms. The molecule has 0 unspecified atom stereocenters. The summed E-state index contributed by atoms with van der Waals surface area (Å²) < 4.78 is 29.6. The summed E-state index contributed by atoms with van der Waals surface area (Å²) in [6.07, 6.45) is 8.92. The monoisotopic (exact) mass is 432 g/mol. The van der Waals surface area contributed by atoms with Crippen molar-refractivity contribution in [3.05, 3.63) is 28.7 Å². The number of pyridine rings is 1. The number of fused-ring (bicyclic) bond motifs is 1. The zero-order valence-electron chi connectivity index (χ0n) is 17.2. The first kappa shape index (κ1) is 19.9. The Balaban J connectivity index is 1.39. The maximum atomic E-state index is 12.8. The van der Waals surface area contributed by atoms with E-state index in [-0.39, 0.29) is 17.6 Å². The quantitative estimate of drug-likeness (QED) is 0.743. The van der Waals surface area contributed by atoms with Crippen molar-refractivity contribution < 1.29 is 8.42 Å². The van der Waals surface area contributed by atoms with Crippen LogP contribution in [0, 0.1) is 5.41 Å². The molecule has 2 aromatic heterocycles. The molecule has 1 atom stereocenters. The van der Waals surface area contributed by atoms with Crippen LogP contribution >= 0.6 is 0 Å². The first-order valence-electron chi connectivity index (χ1n) is 10.8. The number of anilines is 1. The van der Waals surface area contributed by atoms with E-state index in [9.17, 15) is 13.2 Å². The summed E-state index contributed by atoms with van der Waals surface area (Å²) in [6.45, 7) is 0.896. The highest BCUT2D eigenvalue weighted by atomic mass is 32.2. The van der Waals surface area contributed by atoms with Crippen LogP contribution in [0.4, 0.5) is 5.95 Å². The van der Waals surface area contributed by atoms with Gasteiger partial charge in [0, 0.05) is 49.9 Å². The smallest absolute Gasteiger partial charge is 0.279 e. The van der Waals surface area contributed by atoms with Crippen molar-refractivity contribution >= 4 is 27.2 Å². The summed E-state index contributed by atoms with van der Waals surface area (Å²) in [6, 6.07) is 3.75. The van der Waals surface area contributed by atoms with Gasteiger partial charge in [0.25, 0.3) is 15.8 Å². The largest absolute Gasteiger partial charge is 0.351 e. The average Bonchev–Trinajstić information content (AvgIpc) is 3.41. The molecule has 0 amide bonds. The number of aromatic nitrogens is 3. The van der Waals surface area contributed by atoms with E-state index in [2.05, 4.69) is 15.0 Å². The van der Waals surface area contributed by atoms with E-state index in [0.29, 0.717) is 42.9 Å². The molecule has 2 N–H and O–H groups in total. The van der Waals surface area contributed by atoms with Crippen LogP contribution in [-0.2, 0) is 10.2 Å². The molecular weight excluding hydrogens is 404 g/mol. The summed E-state index contributed by atoms with van der Waals surface area (Å²) in [5.41, 5.74) is 1.01. The lowest BCUT2D eigenvalue weighted by Crippen LogP contribution is -2.46. The van der Waals surface area contributed by atoms with Gasteiger partial charge in [0.2, 0.25) is 5.95 Å². The average molecular weight is 433 g/mol. The van der Waals surface area contributed by atoms with Crippen LogP contribution in [0.15, 0.2) is 23.1 Å². The highest BCUT2D eigenvalue weighted by molar-refractivity contribution is 7.87. The van der Waals surface area contributed by atoms with Gasteiger partial charge in [-0.3, -0.25) is 9.36 Å². The summed E-state index contributed by atoms with van der Waals surface area (Å²) in [5.74, 6) is 0.500. The van der Waals surface area contributed by atoms with Gasteiger partial charge in [0.1, 0.15) is 5.65 Å². The highest BCUT2D eigenvalue weighted by Crippen LogP contribution is 2.63. The van der Waals surface area contributed by atoms with E-state index in [0.717, 1.165) is 18.2 Å². The first-order valence-corrected chi connectivity index (χ1v) is 12.2. The van der Waals surface area contributed by atoms with Crippen molar-refractivity contribution in [2.24, 2.45) is 5.41 Å². The maximum absolute atomic E-state index is 12.8. The second-order valence-corrected chi connectivity index (χ2v) is 10.7. The van der Waals surface area contributed by atoms with Gasteiger partial charge < -0.3 is 5.32 Å². The van der Waals surface area contributed by atoms with E-state index < -0.39 is 10.2 Å². The zero-order valence-corrected chi connectivity index (χ0v) is 18.0. The molecule has 5 rings (SSSR count). The normalized spacial score (nSPS) is 24.5. The number of rotatable bonds is 5. The fourth-order valence-electron chi connectivity index (χ4n) is 5.23. The van der Waals surface area contributed by atoms with Crippen molar-refractivity contribution in [1.82, 2.24) is 23.6 Å². The fraction of sp³-hybridized carbons (Fsp3) is 0.650. The van der Waals surface area contributed by atoms with Crippen LogP contribution in [0.3, 0.4) is 0 Å². The molecule has 2 aromatic rings. The lowest BCUT2D eigenvalue weighted by Gasteiger charge is -2.31. The van der Waals surface area contributed by atoms with Gasteiger partial charge in [-0.15, -0.1) is 0 Å². The van der Waals surface area contributed by atoms with Crippen molar-refractivity contribution in [2.75, 3.05) is 25.5 Å². The number of piperidine rings is 1. The third-order valence-electron chi connectivity index (χ3n) is 7.12. The lowest BCUT2D eigenvalue weighted by molar-refractivity contribution is 0.326. The van der Waals surface area contributed by atoms with Gasteiger partial charge in [-0.2, -0.15) is 17.7 Å². The molecule has 3 fully saturated rings. The Bertz CT molecular complexity index is 1120. The van der Waals surface area contributed by atoms with E-state index in [1.807, 2.05) is 4.57 Å². The zero-order chi connectivity index (χ0) is 20.9. The summed E-state index contributed by atoms with van der Waals surface area (Å²) in [4.78, 5) is 22.0. The molecule has 2 aliphatic carbocycles. The number of nitrogens with one attached hydrogen (secondary N) is 2. The van der Waals surface area contributed by atoms with Crippen molar-refractivity contribution in [3.63, 3.8) is 0 Å². The number of nitrogens with zero attached hydrogens (tertiary/aromatic N) is 4. The van der Waals surface area contributed by atoms with E-state index in [4.69, 9.17) is 4.98 Å². The Morgan fingerprint density at radius 1 is 1.13 bits per heavy atom. The fourth-order valence-corrected chi connectivity index (χ4v) is 6.18. The van der Waals surface area contributed by atoms with Crippen LogP contribution in [-0.4, -0.2) is 53.4 Å². The third kappa shape index (κ3) is 3.40. The Morgan fingerprint density at radius 2 is 1.90 bits per heavy atom. The molecule has 0 bridgehead atoms. The van der Waals surface area contributed by atoms with Gasteiger partial charge in [-0.05, 0) is 50.0 Å². The van der Waals surface area contributed by atoms with Crippen molar-refractivity contribution in [2.45, 2.75) is 57.0 Å². The van der Waals surface area contributed by atoms with Crippen LogP contribution in [0.5, 0.6) is 0 Å². The molecule has 1 saturated heterocycles. The van der Waals surface area contributed by atoms with Crippen molar-refractivity contribution in [3.8, 4) is 0 Å². The first-order chi connectivity index (χ1) is 14.4. The topological polar surface area (TPSA) is 109 Å². The Hall–Kier alpha value is -2.04. The molecule has 9 nitrogen and oxygen atoms in total. The van der Waals surface area contributed by atoms with Gasteiger partial charge in [-0.1, -0.05) is 6.42 Å². The van der Waals surface area contributed by atoms with E-state index >= 15 is 0 Å². The van der Waals surface area contributed by atoms with E-state index in [1.165, 1.54) is 30.6 Å². The van der Waals surface area contributed by atoms with Gasteiger partial charge in [0.15, 0.2) is 0 Å². The minimum absolute atomic E-state index is 0.0101. The van der Waals surface area contributed by atoms with Crippen LogP contribution < -0.4 is 15.6 Å². The molecule has 3 aliphatic rings. The molecule has 0 aromatic carbocycles. The summed E-state index contributed by atoms with van der Waals surface area (Å²) in [5, 5.41) is 4.23. The molecular formula is C20H28N6O3S. The molecule has 30 heavy (non-hydrogen) atoms. The standard InChI is InChI=1S/C20H28N6O3S/c1-21-30(28,29)25-11-6-15(7-12-25)23-19-22-13-14-4-5-17(27)26(18(14)24-19)16-3-2-8-20(16)9-10-20/h4-5,13,15-16,21H,2-3,6-12H2,1H3,(H,22,23,24)/t16-/m0/s1. The molecule has 3 heterocycles. The number of hydrogen-bond donors (Lipinski definition) is 2. The van der Waals surface area contributed by atoms with Crippen molar-refractivity contribution in [1.29, 1.82) is 0 Å². The highest BCUT2D eigenvalue weighted by Gasteiger charge is 2.53. The SMILES string of the molecule is CNS(=O)(=O)N1CCC(Nc2ncc3ccc(=O)n([C@H]4CCCC45CC5)c3n2)CC1. The third-order valence-corrected chi connectivity index (χ3v) is 8.68. The molecule has 1 aliphatic heterocycles. The second kappa shape index (κ2) is 7.28. The molecule has 162 valence electrons. The summed E-state index contributed by atoms with van der Waals surface area (Å²) in [7, 11) is -1.96. The molecule has 10 heteroatoms. The van der Waals surface area contributed by atoms with Crippen LogP contribution in [0.25, 0.3) is 11.0 Å². The maximum Gasteiger partial charge on any atom is 0.279 e. The minimum atomic E-state index is -3.39. The molecule has 0 radical (unpaired) electrons. The minimum Gasteiger partial charge on any atom is -0.351 e. The predicted molar refractivity (Wildman–Crippen MR) is 115 cm³/mol. The van der Waals surface area contributed by atoms with Gasteiger partial charge >= 0.3 is 0 Å². The van der Waals surface area contributed by atoms with Crippen LogP contribution in [0.2, 0.25) is 0 Å². The Labute approximate surface area is 176 Å². The van der Waals surface area contributed by atoms with Gasteiger partial charge in [-0.25, -0.2) is 9.71 Å².